The van der Waals surface area contributed by atoms with E-state index < -0.39 is 0 Å². The first-order chi connectivity index (χ1) is 12.1. The molecule has 0 unspecified atom stereocenters. The molecule has 0 aliphatic heterocycles. The van der Waals surface area contributed by atoms with Gasteiger partial charge in [0.05, 0.1) is 12.8 Å². The van der Waals surface area contributed by atoms with Gasteiger partial charge in [0.25, 0.3) is 5.91 Å². The number of rotatable bonds is 8. The molecule has 0 fully saturated rings. The highest BCUT2D eigenvalue weighted by molar-refractivity contribution is 9.10. The summed E-state index contributed by atoms with van der Waals surface area (Å²) in [6.07, 6.45) is 2.46. The first-order valence-corrected chi connectivity index (χ1v) is 9.29. The van der Waals surface area contributed by atoms with Gasteiger partial charge in [-0.3, -0.25) is 4.79 Å². The fraction of sp³-hybridized carbons (Fsp3) is 0.222. The predicted molar refractivity (Wildman–Crippen MR) is 105 cm³/mol. The summed E-state index contributed by atoms with van der Waals surface area (Å²) >= 11 is 6.76. The average molecular weight is 470 g/mol. The number of benzene rings is 2. The van der Waals surface area contributed by atoms with Crippen molar-refractivity contribution in [2.45, 2.75) is 13.3 Å². The zero-order valence-electron chi connectivity index (χ0n) is 13.7. The highest BCUT2D eigenvalue weighted by Crippen LogP contribution is 2.22. The molecule has 0 bridgehead atoms. The lowest BCUT2D eigenvalue weighted by atomic mass is 10.2. The lowest BCUT2D eigenvalue weighted by Gasteiger charge is -2.08. The first kappa shape index (κ1) is 19.5. The number of hydrazone groups is 1. The molecule has 1 N–H and O–H groups in total. The van der Waals surface area contributed by atoms with Gasteiger partial charge in [-0.25, -0.2) is 5.43 Å². The number of hydrogen-bond donors (Lipinski definition) is 1. The zero-order valence-corrected chi connectivity index (χ0v) is 16.8. The molecule has 132 valence electrons. The van der Waals surface area contributed by atoms with Crippen LogP contribution in [-0.2, 0) is 4.79 Å². The van der Waals surface area contributed by atoms with E-state index in [1.54, 1.807) is 18.3 Å². The molecule has 0 aromatic heterocycles. The average Bonchev–Trinajstić information content (AvgIpc) is 2.59. The number of nitrogens with one attached hydrogen (secondary N) is 1. The lowest BCUT2D eigenvalue weighted by Crippen LogP contribution is -2.24. The topological polar surface area (TPSA) is 59.9 Å². The van der Waals surface area contributed by atoms with Crippen molar-refractivity contribution >= 4 is 44.0 Å². The highest BCUT2D eigenvalue weighted by atomic mass is 79.9. The normalized spacial score (nSPS) is 10.7. The van der Waals surface area contributed by atoms with E-state index in [4.69, 9.17) is 9.47 Å². The van der Waals surface area contributed by atoms with Gasteiger partial charge in [-0.05, 0) is 42.8 Å². The monoisotopic (exact) mass is 468 g/mol. The maximum atomic E-state index is 11.8. The SMILES string of the molecule is CCCOc1ccc(Br)cc1C=NNC(=O)COc1cccc(Br)c1. The third-order valence-electron chi connectivity index (χ3n) is 2.99. The van der Waals surface area contributed by atoms with Gasteiger partial charge in [0.15, 0.2) is 6.61 Å². The third kappa shape index (κ3) is 6.88. The molecule has 25 heavy (non-hydrogen) atoms. The Balaban J connectivity index is 1.89. The van der Waals surface area contributed by atoms with Crippen LogP contribution in [0.1, 0.15) is 18.9 Å². The van der Waals surface area contributed by atoms with Gasteiger partial charge in [0, 0.05) is 14.5 Å². The van der Waals surface area contributed by atoms with Crippen molar-refractivity contribution in [1.82, 2.24) is 5.43 Å². The van der Waals surface area contributed by atoms with Crippen LogP contribution in [0.5, 0.6) is 11.5 Å². The van der Waals surface area contributed by atoms with Crippen LogP contribution in [0.2, 0.25) is 0 Å². The van der Waals surface area contributed by atoms with E-state index in [-0.39, 0.29) is 12.5 Å². The van der Waals surface area contributed by atoms with E-state index in [9.17, 15) is 4.79 Å². The largest absolute Gasteiger partial charge is 0.493 e. The van der Waals surface area contributed by atoms with Crippen LogP contribution in [0.4, 0.5) is 0 Å². The summed E-state index contributed by atoms with van der Waals surface area (Å²) in [5.74, 6) is 0.978. The third-order valence-corrected chi connectivity index (χ3v) is 3.98. The van der Waals surface area contributed by atoms with Crippen molar-refractivity contribution < 1.29 is 14.3 Å². The Kier molecular flexibility index (Phi) is 7.94. The summed E-state index contributed by atoms with van der Waals surface area (Å²) in [4.78, 5) is 11.8. The smallest absolute Gasteiger partial charge is 0.277 e. The number of ether oxygens (including phenoxy) is 2. The lowest BCUT2D eigenvalue weighted by molar-refractivity contribution is -0.123. The molecule has 0 aliphatic carbocycles. The van der Waals surface area contributed by atoms with E-state index >= 15 is 0 Å². The van der Waals surface area contributed by atoms with Crippen LogP contribution < -0.4 is 14.9 Å². The quantitative estimate of drug-likeness (QED) is 0.456. The van der Waals surface area contributed by atoms with E-state index in [1.807, 2.05) is 37.3 Å². The number of hydrogen-bond acceptors (Lipinski definition) is 4. The van der Waals surface area contributed by atoms with Gasteiger partial charge in [-0.1, -0.05) is 44.8 Å². The maximum absolute atomic E-state index is 11.8. The van der Waals surface area contributed by atoms with Crippen LogP contribution in [0.3, 0.4) is 0 Å². The standard InChI is InChI=1S/C18H18Br2N2O3/c1-2-8-24-17-7-6-15(20)9-13(17)11-21-22-18(23)12-25-16-5-3-4-14(19)10-16/h3-7,9-11H,2,8,12H2,1H3,(H,22,23). The van der Waals surface area contributed by atoms with Crippen LogP contribution >= 0.6 is 31.9 Å². The molecule has 0 saturated heterocycles. The molecule has 1 amide bonds. The number of halogens is 2. The van der Waals surface area contributed by atoms with Crippen molar-refractivity contribution in [3.05, 3.63) is 57.0 Å². The Morgan fingerprint density at radius 1 is 1.16 bits per heavy atom. The van der Waals surface area contributed by atoms with Gasteiger partial charge in [-0.2, -0.15) is 5.10 Å². The number of carbonyl (C=O) groups excluding carboxylic acids is 1. The fourth-order valence-corrected chi connectivity index (χ4v) is 2.63. The van der Waals surface area contributed by atoms with E-state index in [2.05, 4.69) is 42.4 Å². The summed E-state index contributed by atoms with van der Waals surface area (Å²) in [6, 6.07) is 12.9. The Labute approximate surface area is 163 Å². The minimum atomic E-state index is -0.345. The fourth-order valence-electron chi connectivity index (χ4n) is 1.88. The molecule has 0 spiro atoms. The van der Waals surface area contributed by atoms with Crippen LogP contribution in [0.25, 0.3) is 0 Å². The summed E-state index contributed by atoms with van der Waals surface area (Å²) in [5, 5.41) is 3.97. The van der Waals surface area contributed by atoms with Crippen molar-refractivity contribution in [1.29, 1.82) is 0 Å². The highest BCUT2D eigenvalue weighted by Gasteiger charge is 2.04. The minimum Gasteiger partial charge on any atom is -0.493 e. The Morgan fingerprint density at radius 3 is 2.72 bits per heavy atom. The van der Waals surface area contributed by atoms with Crippen LogP contribution in [0, 0.1) is 0 Å². The molecule has 7 heteroatoms. The summed E-state index contributed by atoms with van der Waals surface area (Å²) < 4.78 is 12.9. The molecule has 0 heterocycles. The van der Waals surface area contributed by atoms with E-state index in [0.717, 1.165) is 20.9 Å². The minimum absolute atomic E-state index is 0.120. The van der Waals surface area contributed by atoms with E-state index in [1.165, 1.54) is 0 Å². The Morgan fingerprint density at radius 2 is 1.96 bits per heavy atom. The van der Waals surface area contributed by atoms with Crippen molar-refractivity contribution in [3.63, 3.8) is 0 Å². The molecular weight excluding hydrogens is 452 g/mol. The molecule has 2 aromatic rings. The van der Waals surface area contributed by atoms with Gasteiger partial charge >= 0.3 is 0 Å². The molecule has 5 nitrogen and oxygen atoms in total. The number of nitrogens with zero attached hydrogens (tertiary/aromatic N) is 1. The molecule has 2 aromatic carbocycles. The predicted octanol–water partition coefficient (Wildman–Crippen LogP) is 4.53. The Bertz CT molecular complexity index is 751. The molecule has 0 radical (unpaired) electrons. The van der Waals surface area contributed by atoms with Gasteiger partial charge in [0.2, 0.25) is 0 Å². The first-order valence-electron chi connectivity index (χ1n) is 7.71. The second-order valence-corrected chi connectivity index (χ2v) is 6.90. The number of carbonyl (C=O) groups is 1. The number of amides is 1. The molecule has 2 rings (SSSR count). The molecule has 0 saturated carbocycles. The molecule has 0 atom stereocenters. The van der Waals surface area contributed by atoms with Gasteiger partial charge in [-0.15, -0.1) is 0 Å². The van der Waals surface area contributed by atoms with Crippen molar-refractivity contribution in [2.75, 3.05) is 13.2 Å². The summed E-state index contributed by atoms with van der Waals surface area (Å²) in [6.45, 7) is 2.54. The van der Waals surface area contributed by atoms with Crippen LogP contribution in [-0.4, -0.2) is 25.3 Å². The molecule has 0 aliphatic rings. The second kappa shape index (κ2) is 10.2. The second-order valence-electron chi connectivity index (χ2n) is 5.07. The zero-order chi connectivity index (χ0) is 18.1. The summed E-state index contributed by atoms with van der Waals surface area (Å²) in [7, 11) is 0. The van der Waals surface area contributed by atoms with Crippen molar-refractivity contribution in [3.8, 4) is 11.5 Å². The summed E-state index contributed by atoms with van der Waals surface area (Å²) in [5.41, 5.74) is 3.22. The maximum Gasteiger partial charge on any atom is 0.277 e. The van der Waals surface area contributed by atoms with E-state index in [0.29, 0.717) is 18.1 Å². The van der Waals surface area contributed by atoms with Crippen molar-refractivity contribution in [2.24, 2.45) is 5.10 Å². The van der Waals surface area contributed by atoms with Gasteiger partial charge in [0.1, 0.15) is 11.5 Å². The molecular formula is C18H18Br2N2O3. The van der Waals surface area contributed by atoms with Crippen LogP contribution in [0.15, 0.2) is 56.5 Å². The Hall–Kier alpha value is -1.86. The van der Waals surface area contributed by atoms with Gasteiger partial charge < -0.3 is 9.47 Å².